The second-order valence-electron chi connectivity index (χ2n) is 2.83. The van der Waals surface area contributed by atoms with Gasteiger partial charge in [0.05, 0.1) is 0 Å². The lowest BCUT2D eigenvalue weighted by Gasteiger charge is -2.24. The maximum Gasteiger partial charge on any atom is 0.0286 e. The van der Waals surface area contributed by atoms with Crippen LogP contribution in [0.2, 0.25) is 0 Å². The summed E-state index contributed by atoms with van der Waals surface area (Å²) in [5, 5.41) is 0.782. The van der Waals surface area contributed by atoms with Crippen LogP contribution in [-0.2, 0) is 0 Å². The van der Waals surface area contributed by atoms with Crippen molar-refractivity contribution in [3.8, 4) is 0 Å². The van der Waals surface area contributed by atoms with Crippen molar-refractivity contribution in [1.29, 1.82) is 0 Å². The topological polar surface area (TPSA) is 0 Å². The number of rotatable bonds is 4. The molecule has 0 aromatic heterocycles. The van der Waals surface area contributed by atoms with Crippen LogP contribution in [-0.4, -0.2) is 11.5 Å². The Bertz CT molecular complexity index is 118. The van der Waals surface area contributed by atoms with Crippen molar-refractivity contribution >= 4 is 23.4 Å². The zero-order valence-corrected chi connectivity index (χ0v) is 7.68. The van der Waals surface area contributed by atoms with Crippen LogP contribution in [0.3, 0.4) is 0 Å². The Labute approximate surface area is 72.0 Å². The average Bonchev–Trinajstić information content (AvgIpc) is 1.75. The summed E-state index contributed by atoms with van der Waals surface area (Å²) in [4.78, 5) is 0. The van der Waals surface area contributed by atoms with Gasteiger partial charge in [-0.3, -0.25) is 0 Å². The Morgan fingerprint density at radius 1 is 1.60 bits per heavy atom. The minimum absolute atomic E-state index is 0.782. The van der Waals surface area contributed by atoms with E-state index in [4.69, 9.17) is 11.6 Å². The van der Waals surface area contributed by atoms with Crippen LogP contribution in [0, 0.1) is 5.92 Å². The molecule has 0 unspecified atom stereocenters. The van der Waals surface area contributed by atoms with Crippen molar-refractivity contribution in [2.24, 2.45) is 5.92 Å². The van der Waals surface area contributed by atoms with Crippen LogP contribution < -0.4 is 0 Å². The summed E-state index contributed by atoms with van der Waals surface area (Å²) >= 11 is 7.52. The van der Waals surface area contributed by atoms with Crippen LogP contribution in [0.25, 0.3) is 0 Å². The molecule has 10 heavy (non-hydrogen) atoms. The van der Waals surface area contributed by atoms with E-state index in [1.54, 1.807) is 0 Å². The molecule has 1 rings (SSSR count). The van der Waals surface area contributed by atoms with E-state index in [2.05, 4.69) is 6.58 Å². The molecule has 1 aliphatic carbocycles. The molecule has 0 aromatic carbocycles. The summed E-state index contributed by atoms with van der Waals surface area (Å²) in [7, 11) is 0. The van der Waals surface area contributed by atoms with Gasteiger partial charge in [-0.15, -0.1) is 0 Å². The number of hydrogen-bond acceptors (Lipinski definition) is 1. The summed E-state index contributed by atoms with van der Waals surface area (Å²) in [5.41, 5.74) is 0. The maximum atomic E-state index is 5.61. The summed E-state index contributed by atoms with van der Waals surface area (Å²) < 4.78 is 0. The lowest BCUT2D eigenvalue weighted by molar-refractivity contribution is 0.353. The normalized spacial score (nSPS) is 18.5. The third-order valence-electron chi connectivity index (χ3n) is 1.84. The van der Waals surface area contributed by atoms with Gasteiger partial charge in [0.2, 0.25) is 0 Å². The molecule has 1 aliphatic rings. The Balaban J connectivity index is 1.89. The molecular formula is C8H13ClS. The van der Waals surface area contributed by atoms with E-state index in [1.807, 2.05) is 11.8 Å². The molecule has 0 atom stereocenters. The second-order valence-corrected chi connectivity index (χ2v) is 4.39. The molecule has 0 aliphatic heterocycles. The first-order valence-corrected chi connectivity index (χ1v) is 5.23. The SMILES string of the molecule is C=C(Cl)CSCC1CCC1. The number of halogens is 1. The van der Waals surface area contributed by atoms with Gasteiger partial charge in [-0.2, -0.15) is 11.8 Å². The third-order valence-corrected chi connectivity index (χ3v) is 3.39. The van der Waals surface area contributed by atoms with Gasteiger partial charge in [0.15, 0.2) is 0 Å². The van der Waals surface area contributed by atoms with E-state index in [-0.39, 0.29) is 0 Å². The van der Waals surface area contributed by atoms with Crippen molar-refractivity contribution in [2.75, 3.05) is 11.5 Å². The first kappa shape index (κ1) is 8.48. The highest BCUT2D eigenvalue weighted by Gasteiger charge is 2.16. The largest absolute Gasteiger partial charge is 0.156 e. The van der Waals surface area contributed by atoms with E-state index < -0.39 is 0 Å². The summed E-state index contributed by atoms with van der Waals surface area (Å²) in [6.45, 7) is 3.64. The molecular weight excluding hydrogens is 164 g/mol. The van der Waals surface area contributed by atoms with Crippen molar-refractivity contribution in [3.63, 3.8) is 0 Å². The lowest BCUT2D eigenvalue weighted by atomic mass is 9.87. The second kappa shape index (κ2) is 4.30. The molecule has 1 saturated carbocycles. The molecule has 1 fully saturated rings. The predicted molar refractivity (Wildman–Crippen MR) is 49.7 cm³/mol. The molecule has 0 N–H and O–H groups in total. The van der Waals surface area contributed by atoms with Crippen LogP contribution in [0.15, 0.2) is 11.6 Å². The zero-order valence-electron chi connectivity index (χ0n) is 6.11. The molecule has 0 saturated heterocycles. The Kier molecular flexibility index (Phi) is 3.64. The summed E-state index contributed by atoms with van der Waals surface area (Å²) in [5.74, 6) is 3.20. The van der Waals surface area contributed by atoms with Gasteiger partial charge in [-0.25, -0.2) is 0 Å². The minimum atomic E-state index is 0.782. The highest BCUT2D eigenvalue weighted by molar-refractivity contribution is 7.99. The van der Waals surface area contributed by atoms with Crippen molar-refractivity contribution < 1.29 is 0 Å². The van der Waals surface area contributed by atoms with Crippen molar-refractivity contribution in [1.82, 2.24) is 0 Å². The lowest BCUT2D eigenvalue weighted by Crippen LogP contribution is -2.13. The highest BCUT2D eigenvalue weighted by Crippen LogP contribution is 2.30. The standard InChI is InChI=1S/C8H13ClS/c1-7(9)5-10-6-8-3-2-4-8/h8H,1-6H2. The molecule has 0 radical (unpaired) electrons. The molecule has 0 bridgehead atoms. The number of hydrogen-bond donors (Lipinski definition) is 0. The van der Waals surface area contributed by atoms with Gasteiger partial charge in [-0.05, 0) is 24.5 Å². The minimum Gasteiger partial charge on any atom is -0.156 e. The summed E-state index contributed by atoms with van der Waals surface area (Å²) in [6, 6.07) is 0. The van der Waals surface area contributed by atoms with E-state index in [0.717, 1.165) is 16.7 Å². The van der Waals surface area contributed by atoms with Gasteiger partial charge in [-0.1, -0.05) is 24.6 Å². The molecule has 58 valence electrons. The summed E-state index contributed by atoms with van der Waals surface area (Å²) in [6.07, 6.45) is 4.30. The Hall–Kier alpha value is 0.380. The van der Waals surface area contributed by atoms with E-state index >= 15 is 0 Å². The molecule has 0 spiro atoms. The fourth-order valence-electron chi connectivity index (χ4n) is 0.996. The van der Waals surface area contributed by atoms with Crippen LogP contribution in [0.1, 0.15) is 19.3 Å². The van der Waals surface area contributed by atoms with Gasteiger partial charge in [0, 0.05) is 10.8 Å². The fourth-order valence-corrected chi connectivity index (χ4v) is 2.23. The van der Waals surface area contributed by atoms with Crippen molar-refractivity contribution in [3.05, 3.63) is 11.6 Å². The fraction of sp³-hybridized carbons (Fsp3) is 0.750. The number of thioether (sulfide) groups is 1. The quantitative estimate of drug-likeness (QED) is 0.634. The van der Waals surface area contributed by atoms with Crippen LogP contribution in [0.4, 0.5) is 0 Å². The molecule has 2 heteroatoms. The van der Waals surface area contributed by atoms with Crippen LogP contribution >= 0.6 is 23.4 Å². The van der Waals surface area contributed by atoms with Crippen molar-refractivity contribution in [2.45, 2.75) is 19.3 Å². The average molecular weight is 177 g/mol. The smallest absolute Gasteiger partial charge is 0.0286 e. The monoisotopic (exact) mass is 176 g/mol. The van der Waals surface area contributed by atoms with Gasteiger partial charge < -0.3 is 0 Å². The van der Waals surface area contributed by atoms with E-state index in [0.29, 0.717) is 0 Å². The Morgan fingerprint density at radius 2 is 2.30 bits per heavy atom. The first-order valence-electron chi connectivity index (χ1n) is 3.70. The van der Waals surface area contributed by atoms with Crippen LogP contribution in [0.5, 0.6) is 0 Å². The van der Waals surface area contributed by atoms with Gasteiger partial charge >= 0.3 is 0 Å². The van der Waals surface area contributed by atoms with E-state index in [9.17, 15) is 0 Å². The zero-order chi connectivity index (χ0) is 7.40. The molecule has 0 aromatic rings. The third kappa shape index (κ3) is 2.98. The van der Waals surface area contributed by atoms with E-state index in [1.165, 1.54) is 25.0 Å². The maximum absolute atomic E-state index is 5.61. The molecule has 0 nitrogen and oxygen atoms in total. The Morgan fingerprint density at radius 3 is 2.70 bits per heavy atom. The highest BCUT2D eigenvalue weighted by atomic mass is 35.5. The molecule has 0 amide bonds. The van der Waals surface area contributed by atoms with Gasteiger partial charge in [0.25, 0.3) is 0 Å². The molecule has 0 heterocycles. The first-order chi connectivity index (χ1) is 4.79. The van der Waals surface area contributed by atoms with Gasteiger partial charge in [0.1, 0.15) is 0 Å². The predicted octanol–water partition coefficient (Wildman–Crippen LogP) is 3.27.